The summed E-state index contributed by atoms with van der Waals surface area (Å²) in [7, 11) is 1.92. The smallest absolute Gasteiger partial charge is 0.0856 e. The summed E-state index contributed by atoms with van der Waals surface area (Å²) in [6.45, 7) is 1.43. The second-order valence-electron chi connectivity index (χ2n) is 5.29. The van der Waals surface area contributed by atoms with Gasteiger partial charge in [-0.2, -0.15) is 5.10 Å². The number of aromatic nitrogens is 2. The Morgan fingerprint density at radius 2 is 1.91 bits per heavy atom. The first kappa shape index (κ1) is 15.0. The summed E-state index contributed by atoms with van der Waals surface area (Å²) in [6, 6.07) is 13.7. The number of nitrogens with one attached hydrogen (secondary N) is 1. The molecule has 0 aliphatic heterocycles. The molecule has 2 aromatic carbocycles. The van der Waals surface area contributed by atoms with Crippen LogP contribution in [0.25, 0.3) is 10.9 Å². The zero-order chi connectivity index (χ0) is 15.5. The molecule has 0 aliphatic carbocycles. The van der Waals surface area contributed by atoms with Crippen molar-refractivity contribution in [3.8, 4) is 0 Å². The number of fused-ring (bicyclic) bond motifs is 1. The highest BCUT2D eigenvalue weighted by atomic mass is 35.5. The van der Waals surface area contributed by atoms with Gasteiger partial charge in [-0.3, -0.25) is 4.68 Å². The van der Waals surface area contributed by atoms with Gasteiger partial charge in [-0.25, -0.2) is 0 Å². The van der Waals surface area contributed by atoms with Crippen LogP contribution in [0, 0.1) is 0 Å². The largest absolute Gasteiger partial charge is 0.392 e. The summed E-state index contributed by atoms with van der Waals surface area (Å²) >= 11 is 6.30. The van der Waals surface area contributed by atoms with Crippen molar-refractivity contribution < 1.29 is 5.11 Å². The van der Waals surface area contributed by atoms with Crippen molar-refractivity contribution in [3.63, 3.8) is 0 Å². The van der Waals surface area contributed by atoms with Gasteiger partial charge in [0.2, 0.25) is 0 Å². The van der Waals surface area contributed by atoms with Gasteiger partial charge in [0.15, 0.2) is 0 Å². The van der Waals surface area contributed by atoms with Crippen molar-refractivity contribution in [2.45, 2.75) is 19.7 Å². The van der Waals surface area contributed by atoms with Crippen molar-refractivity contribution in [2.24, 2.45) is 7.05 Å². The Labute approximate surface area is 134 Å². The van der Waals surface area contributed by atoms with Gasteiger partial charge in [-0.15, -0.1) is 0 Å². The third-order valence-corrected chi connectivity index (χ3v) is 4.01. The molecule has 2 N–H and O–H groups in total. The lowest BCUT2D eigenvalue weighted by atomic mass is 10.1. The topological polar surface area (TPSA) is 50.1 Å². The minimum Gasteiger partial charge on any atom is -0.392 e. The Hall–Kier alpha value is -1.88. The first-order valence-corrected chi connectivity index (χ1v) is 7.56. The molecule has 5 heteroatoms. The summed E-state index contributed by atoms with van der Waals surface area (Å²) in [6.07, 6.45) is 0. The van der Waals surface area contributed by atoms with E-state index in [1.807, 2.05) is 54.2 Å². The molecule has 0 bridgehead atoms. The molecule has 3 aromatic rings. The number of halogens is 1. The van der Waals surface area contributed by atoms with E-state index in [9.17, 15) is 0 Å². The third kappa shape index (κ3) is 2.99. The number of nitrogens with zero attached hydrogens (tertiary/aromatic N) is 2. The molecule has 0 atom stereocenters. The standard InChI is InChI=1S/C17H18ClN3O/c1-21-16-7-3-6-14(18)17(16)15(20-21)10-19-9-12-4-2-5-13(8-12)11-22/h2-8,19,22H,9-11H2,1H3. The predicted octanol–water partition coefficient (Wildman–Crippen LogP) is 3.01. The maximum absolute atomic E-state index is 9.17. The Morgan fingerprint density at radius 1 is 1.14 bits per heavy atom. The van der Waals surface area contributed by atoms with E-state index in [0.717, 1.165) is 39.3 Å². The summed E-state index contributed by atoms with van der Waals surface area (Å²) < 4.78 is 1.85. The monoisotopic (exact) mass is 315 g/mol. The minimum atomic E-state index is 0.0638. The van der Waals surface area contributed by atoms with Gasteiger partial charge < -0.3 is 10.4 Å². The van der Waals surface area contributed by atoms with Crippen LogP contribution in [-0.2, 0) is 26.7 Å². The number of rotatable bonds is 5. The fraction of sp³-hybridized carbons (Fsp3) is 0.235. The molecule has 3 rings (SSSR count). The van der Waals surface area contributed by atoms with E-state index in [1.54, 1.807) is 0 Å². The van der Waals surface area contributed by atoms with E-state index in [4.69, 9.17) is 16.7 Å². The highest BCUT2D eigenvalue weighted by Gasteiger charge is 2.11. The van der Waals surface area contributed by atoms with E-state index in [1.165, 1.54) is 0 Å². The third-order valence-electron chi connectivity index (χ3n) is 3.70. The average Bonchev–Trinajstić information content (AvgIpc) is 2.85. The molecule has 0 radical (unpaired) electrons. The van der Waals surface area contributed by atoms with Crippen LogP contribution in [0.1, 0.15) is 16.8 Å². The molecule has 4 nitrogen and oxygen atoms in total. The van der Waals surface area contributed by atoms with E-state index < -0.39 is 0 Å². The van der Waals surface area contributed by atoms with E-state index >= 15 is 0 Å². The second kappa shape index (κ2) is 6.48. The van der Waals surface area contributed by atoms with Crippen molar-refractivity contribution in [1.82, 2.24) is 15.1 Å². The van der Waals surface area contributed by atoms with Crippen LogP contribution in [0.2, 0.25) is 5.02 Å². The lowest BCUT2D eigenvalue weighted by Gasteiger charge is -2.05. The van der Waals surface area contributed by atoms with Gasteiger partial charge in [0.25, 0.3) is 0 Å². The van der Waals surface area contributed by atoms with Crippen molar-refractivity contribution in [2.75, 3.05) is 0 Å². The van der Waals surface area contributed by atoms with Crippen LogP contribution in [-0.4, -0.2) is 14.9 Å². The maximum atomic E-state index is 9.17. The first-order chi connectivity index (χ1) is 10.7. The number of aliphatic hydroxyl groups is 1. The quantitative estimate of drug-likeness (QED) is 0.761. The fourth-order valence-corrected chi connectivity index (χ4v) is 2.92. The van der Waals surface area contributed by atoms with Crippen LogP contribution < -0.4 is 5.32 Å². The zero-order valence-electron chi connectivity index (χ0n) is 12.4. The number of aryl methyl sites for hydroxylation is 1. The van der Waals surface area contributed by atoms with Crippen molar-refractivity contribution in [1.29, 1.82) is 0 Å². The second-order valence-corrected chi connectivity index (χ2v) is 5.69. The van der Waals surface area contributed by atoms with Crippen LogP contribution in [0.15, 0.2) is 42.5 Å². The van der Waals surface area contributed by atoms with Crippen LogP contribution in [0.4, 0.5) is 0 Å². The molecule has 0 unspecified atom stereocenters. The molecule has 1 heterocycles. The van der Waals surface area contributed by atoms with Crippen molar-refractivity contribution >= 4 is 22.5 Å². The first-order valence-electron chi connectivity index (χ1n) is 7.18. The molecule has 1 aromatic heterocycles. The predicted molar refractivity (Wildman–Crippen MR) is 88.6 cm³/mol. The Balaban J connectivity index is 1.74. The number of hydrogen-bond donors (Lipinski definition) is 2. The maximum Gasteiger partial charge on any atom is 0.0856 e. The van der Waals surface area contributed by atoms with Gasteiger partial charge in [-0.05, 0) is 23.3 Å². The average molecular weight is 316 g/mol. The molecular weight excluding hydrogens is 298 g/mol. The molecule has 0 fully saturated rings. The van der Waals surface area contributed by atoms with E-state index in [2.05, 4.69) is 10.4 Å². The lowest BCUT2D eigenvalue weighted by Crippen LogP contribution is -2.13. The van der Waals surface area contributed by atoms with Crippen LogP contribution >= 0.6 is 11.6 Å². The molecule has 0 saturated heterocycles. The molecule has 114 valence electrons. The molecule has 22 heavy (non-hydrogen) atoms. The SMILES string of the molecule is Cn1nc(CNCc2cccc(CO)c2)c2c(Cl)cccc21. The summed E-state index contributed by atoms with van der Waals surface area (Å²) in [5.74, 6) is 0. The molecular formula is C17H18ClN3O. The highest BCUT2D eigenvalue weighted by molar-refractivity contribution is 6.35. The number of aliphatic hydroxyl groups excluding tert-OH is 1. The Kier molecular flexibility index (Phi) is 4.43. The van der Waals surface area contributed by atoms with Gasteiger partial charge in [-0.1, -0.05) is 41.9 Å². The molecule has 0 spiro atoms. The Bertz CT molecular complexity index is 798. The summed E-state index contributed by atoms with van der Waals surface area (Å²) in [5.41, 5.74) is 4.04. The zero-order valence-corrected chi connectivity index (χ0v) is 13.1. The van der Waals surface area contributed by atoms with Crippen LogP contribution in [0.3, 0.4) is 0 Å². The normalized spacial score (nSPS) is 11.2. The summed E-state index contributed by atoms with van der Waals surface area (Å²) in [5, 5.41) is 18.8. The van der Waals surface area contributed by atoms with Gasteiger partial charge >= 0.3 is 0 Å². The lowest BCUT2D eigenvalue weighted by molar-refractivity contribution is 0.281. The molecule has 0 saturated carbocycles. The van der Waals surface area contributed by atoms with E-state index in [-0.39, 0.29) is 6.61 Å². The minimum absolute atomic E-state index is 0.0638. The van der Waals surface area contributed by atoms with Gasteiger partial charge in [0.1, 0.15) is 0 Å². The number of benzene rings is 2. The van der Waals surface area contributed by atoms with Gasteiger partial charge in [0.05, 0.1) is 22.8 Å². The molecule has 0 amide bonds. The molecule has 0 aliphatic rings. The fourth-order valence-electron chi connectivity index (χ4n) is 2.64. The van der Waals surface area contributed by atoms with Crippen LogP contribution in [0.5, 0.6) is 0 Å². The Morgan fingerprint density at radius 3 is 2.73 bits per heavy atom. The summed E-state index contributed by atoms with van der Waals surface area (Å²) in [4.78, 5) is 0. The van der Waals surface area contributed by atoms with Crippen molar-refractivity contribution in [3.05, 3.63) is 64.3 Å². The highest BCUT2D eigenvalue weighted by Crippen LogP contribution is 2.26. The van der Waals surface area contributed by atoms with E-state index in [0.29, 0.717) is 6.54 Å². The number of hydrogen-bond acceptors (Lipinski definition) is 3. The van der Waals surface area contributed by atoms with Gasteiger partial charge in [0, 0.05) is 25.5 Å².